The van der Waals surface area contributed by atoms with Gasteiger partial charge in [0.2, 0.25) is 0 Å². The number of carbonyl (C=O) groups excluding carboxylic acids is 1. The molecule has 0 unspecified atom stereocenters. The van der Waals surface area contributed by atoms with Gasteiger partial charge in [-0.25, -0.2) is 15.0 Å². The number of nitrogens with zero attached hydrogens (tertiary/aromatic N) is 5. The zero-order valence-corrected chi connectivity index (χ0v) is 14.4. The lowest BCUT2D eigenvalue weighted by Gasteiger charge is -2.33. The van der Waals surface area contributed by atoms with E-state index in [1.165, 1.54) is 17.7 Å². The maximum Gasteiger partial charge on any atom is 0.268 e. The number of thiazole rings is 1. The highest BCUT2D eigenvalue weighted by atomic mass is 32.1. The van der Waals surface area contributed by atoms with Gasteiger partial charge >= 0.3 is 0 Å². The Morgan fingerprint density at radius 1 is 1.22 bits per heavy atom. The Balaban J connectivity index is 1.72. The predicted octanol–water partition coefficient (Wildman–Crippen LogP) is 1.55. The molecule has 2 aromatic heterocycles. The van der Waals surface area contributed by atoms with Crippen molar-refractivity contribution in [2.75, 3.05) is 43.4 Å². The molecule has 0 atom stereocenters. The van der Waals surface area contributed by atoms with E-state index < -0.39 is 0 Å². The number of aryl methyl sites for hydroxylation is 2. The van der Waals surface area contributed by atoms with Gasteiger partial charge in [0.25, 0.3) is 5.91 Å². The van der Waals surface area contributed by atoms with E-state index >= 15 is 0 Å². The SMILES string of the molecule is Cc1nc(C)c(C(=O)Nc2cc(N3CCN(C)CC3)ncn2)s1. The molecule has 8 heteroatoms. The van der Waals surface area contributed by atoms with Crippen molar-refractivity contribution in [2.24, 2.45) is 0 Å². The highest BCUT2D eigenvalue weighted by Crippen LogP contribution is 2.20. The number of carbonyl (C=O) groups is 1. The summed E-state index contributed by atoms with van der Waals surface area (Å²) in [5.41, 5.74) is 0.748. The molecule has 3 rings (SSSR count). The van der Waals surface area contributed by atoms with Crippen LogP contribution in [0.15, 0.2) is 12.4 Å². The first-order valence-electron chi connectivity index (χ1n) is 7.54. The first-order valence-corrected chi connectivity index (χ1v) is 8.35. The molecule has 1 amide bonds. The maximum absolute atomic E-state index is 12.4. The van der Waals surface area contributed by atoms with Gasteiger partial charge in [0.15, 0.2) is 0 Å². The van der Waals surface area contributed by atoms with Crippen LogP contribution >= 0.6 is 11.3 Å². The Morgan fingerprint density at radius 3 is 2.61 bits per heavy atom. The fraction of sp³-hybridized carbons (Fsp3) is 0.467. The number of likely N-dealkylation sites (N-methyl/N-ethyl adjacent to an activating group) is 1. The van der Waals surface area contributed by atoms with Gasteiger partial charge in [-0.2, -0.15) is 0 Å². The Hall–Kier alpha value is -2.06. The van der Waals surface area contributed by atoms with Gasteiger partial charge in [0.05, 0.1) is 10.7 Å². The minimum absolute atomic E-state index is 0.170. The van der Waals surface area contributed by atoms with E-state index in [0.717, 1.165) is 42.7 Å². The number of hydrogen-bond acceptors (Lipinski definition) is 7. The van der Waals surface area contributed by atoms with E-state index in [9.17, 15) is 4.79 Å². The van der Waals surface area contributed by atoms with Crippen molar-refractivity contribution in [3.05, 3.63) is 28.0 Å². The minimum atomic E-state index is -0.170. The standard InChI is InChI=1S/C15H20N6OS/c1-10-14(23-11(2)18-10)15(22)19-12-8-13(17-9-16-12)21-6-4-20(3)5-7-21/h8-9H,4-7H2,1-3H3,(H,16,17,19,22). The topological polar surface area (TPSA) is 74.2 Å². The van der Waals surface area contributed by atoms with Gasteiger partial charge in [-0.1, -0.05) is 0 Å². The molecule has 2 aromatic rings. The minimum Gasteiger partial charge on any atom is -0.354 e. The summed E-state index contributed by atoms with van der Waals surface area (Å²) in [4.78, 5) is 30.2. The molecule has 3 heterocycles. The van der Waals surface area contributed by atoms with Gasteiger partial charge in [-0.05, 0) is 20.9 Å². The third kappa shape index (κ3) is 3.65. The van der Waals surface area contributed by atoms with Crippen LogP contribution in [0.1, 0.15) is 20.4 Å². The lowest BCUT2D eigenvalue weighted by Crippen LogP contribution is -2.44. The monoisotopic (exact) mass is 332 g/mol. The summed E-state index contributed by atoms with van der Waals surface area (Å²) in [5.74, 6) is 1.20. The largest absolute Gasteiger partial charge is 0.354 e. The van der Waals surface area contributed by atoms with Crippen molar-refractivity contribution in [3.63, 3.8) is 0 Å². The molecule has 122 valence electrons. The lowest BCUT2D eigenvalue weighted by atomic mass is 10.3. The van der Waals surface area contributed by atoms with Crippen molar-refractivity contribution in [2.45, 2.75) is 13.8 Å². The number of anilines is 2. The fourth-order valence-corrected chi connectivity index (χ4v) is 3.35. The number of nitrogens with one attached hydrogen (secondary N) is 1. The molecular formula is C15H20N6OS. The number of aromatic nitrogens is 3. The van der Waals surface area contributed by atoms with Gasteiger partial charge in [-0.15, -0.1) is 11.3 Å². The first kappa shape index (κ1) is 15.8. The van der Waals surface area contributed by atoms with E-state index in [1.807, 2.05) is 19.9 Å². The fourth-order valence-electron chi connectivity index (χ4n) is 2.54. The second kappa shape index (κ2) is 6.59. The Labute approximate surface area is 139 Å². The number of rotatable bonds is 3. The summed E-state index contributed by atoms with van der Waals surface area (Å²) in [6, 6.07) is 1.83. The molecule has 1 aliphatic rings. The van der Waals surface area contributed by atoms with Crippen LogP contribution in [-0.4, -0.2) is 59.0 Å². The molecule has 0 aromatic carbocycles. The molecule has 0 spiro atoms. The molecule has 0 bridgehead atoms. The second-order valence-corrected chi connectivity index (χ2v) is 6.86. The van der Waals surface area contributed by atoms with E-state index in [1.54, 1.807) is 0 Å². The molecule has 0 aliphatic carbocycles. The van der Waals surface area contributed by atoms with E-state index in [2.05, 4.69) is 37.1 Å². The highest BCUT2D eigenvalue weighted by Gasteiger charge is 2.18. The summed E-state index contributed by atoms with van der Waals surface area (Å²) >= 11 is 1.39. The zero-order chi connectivity index (χ0) is 16.4. The quantitative estimate of drug-likeness (QED) is 0.919. The normalized spacial score (nSPS) is 15.7. The average molecular weight is 332 g/mol. The molecule has 1 saturated heterocycles. The van der Waals surface area contributed by atoms with Crippen LogP contribution in [0.3, 0.4) is 0 Å². The van der Waals surface area contributed by atoms with Crippen molar-refractivity contribution in [3.8, 4) is 0 Å². The van der Waals surface area contributed by atoms with Crippen LogP contribution < -0.4 is 10.2 Å². The van der Waals surface area contributed by atoms with E-state index in [-0.39, 0.29) is 5.91 Å². The van der Waals surface area contributed by atoms with Crippen LogP contribution in [0.4, 0.5) is 11.6 Å². The first-order chi connectivity index (χ1) is 11.0. The Kier molecular flexibility index (Phi) is 4.53. The van der Waals surface area contributed by atoms with Gasteiger partial charge in [0, 0.05) is 32.2 Å². The van der Waals surface area contributed by atoms with Crippen LogP contribution in [0.2, 0.25) is 0 Å². The number of amides is 1. The molecule has 0 radical (unpaired) electrons. The van der Waals surface area contributed by atoms with E-state index in [0.29, 0.717) is 10.7 Å². The lowest BCUT2D eigenvalue weighted by molar-refractivity contribution is 0.102. The van der Waals surface area contributed by atoms with Crippen molar-refractivity contribution >= 4 is 28.9 Å². The predicted molar refractivity (Wildman–Crippen MR) is 91.3 cm³/mol. The van der Waals surface area contributed by atoms with Crippen LogP contribution in [0, 0.1) is 13.8 Å². The summed E-state index contributed by atoms with van der Waals surface area (Å²) in [5, 5.41) is 3.73. The second-order valence-electron chi connectivity index (χ2n) is 5.65. The number of hydrogen-bond donors (Lipinski definition) is 1. The molecule has 0 saturated carbocycles. The average Bonchev–Trinajstić information content (AvgIpc) is 2.87. The summed E-state index contributed by atoms with van der Waals surface area (Å²) in [6.07, 6.45) is 1.49. The summed E-state index contributed by atoms with van der Waals surface area (Å²) in [7, 11) is 2.11. The molecule has 7 nitrogen and oxygen atoms in total. The van der Waals surface area contributed by atoms with Crippen LogP contribution in [-0.2, 0) is 0 Å². The third-order valence-corrected chi connectivity index (χ3v) is 4.90. The van der Waals surface area contributed by atoms with Gasteiger partial charge < -0.3 is 15.1 Å². The van der Waals surface area contributed by atoms with Crippen LogP contribution in [0.25, 0.3) is 0 Å². The summed E-state index contributed by atoms with van der Waals surface area (Å²) in [6.45, 7) is 7.59. The molecule has 1 aliphatic heterocycles. The van der Waals surface area contributed by atoms with Crippen molar-refractivity contribution < 1.29 is 4.79 Å². The molecular weight excluding hydrogens is 312 g/mol. The molecule has 1 fully saturated rings. The van der Waals surface area contributed by atoms with Crippen molar-refractivity contribution in [1.29, 1.82) is 0 Å². The maximum atomic E-state index is 12.4. The Morgan fingerprint density at radius 2 is 1.96 bits per heavy atom. The highest BCUT2D eigenvalue weighted by molar-refractivity contribution is 7.13. The smallest absolute Gasteiger partial charge is 0.268 e. The molecule has 23 heavy (non-hydrogen) atoms. The number of piperazine rings is 1. The van der Waals surface area contributed by atoms with E-state index in [4.69, 9.17) is 0 Å². The Bertz CT molecular complexity index is 708. The van der Waals surface area contributed by atoms with Crippen LogP contribution in [0.5, 0.6) is 0 Å². The van der Waals surface area contributed by atoms with Crippen molar-refractivity contribution in [1.82, 2.24) is 19.9 Å². The molecule has 1 N–H and O–H groups in total. The zero-order valence-electron chi connectivity index (χ0n) is 13.5. The van der Waals surface area contributed by atoms with Gasteiger partial charge in [0.1, 0.15) is 22.8 Å². The third-order valence-electron chi connectivity index (χ3n) is 3.83. The van der Waals surface area contributed by atoms with Gasteiger partial charge in [-0.3, -0.25) is 4.79 Å². The summed E-state index contributed by atoms with van der Waals surface area (Å²) < 4.78 is 0.